The number of benzene rings is 1. The van der Waals surface area contributed by atoms with Gasteiger partial charge in [-0.1, -0.05) is 0 Å². The summed E-state index contributed by atoms with van der Waals surface area (Å²) in [5.74, 6) is 0. The summed E-state index contributed by atoms with van der Waals surface area (Å²) in [5.41, 5.74) is 0.837. The molecule has 0 amide bonds. The standard InChI is InChI=1S/C7H5O.Nd/c8-6-7-4-2-1-3-5-7;/h1-5H;. The summed E-state index contributed by atoms with van der Waals surface area (Å²) >= 11 is 0.618. The van der Waals surface area contributed by atoms with Gasteiger partial charge in [0.2, 0.25) is 0 Å². The third-order valence-electron chi connectivity index (χ3n) is 1.04. The molecule has 0 atom stereocenters. The molecule has 9 heavy (non-hydrogen) atoms. The molecule has 0 aromatic heterocycles. The van der Waals surface area contributed by atoms with E-state index in [0.717, 1.165) is 5.56 Å². The Kier molecular flexibility index (Phi) is 2.79. The fraction of sp³-hybridized carbons (Fsp3) is 0. The molecule has 43 valence electrons. The van der Waals surface area contributed by atoms with Crippen molar-refractivity contribution in [2.45, 2.75) is 0 Å². The van der Waals surface area contributed by atoms with Gasteiger partial charge in [0, 0.05) is 0 Å². The number of rotatable bonds is 1. The van der Waals surface area contributed by atoms with Gasteiger partial charge < -0.3 is 0 Å². The van der Waals surface area contributed by atoms with E-state index in [0.29, 0.717) is 38.8 Å². The summed E-state index contributed by atoms with van der Waals surface area (Å²) in [7, 11) is 0. The van der Waals surface area contributed by atoms with Crippen molar-refractivity contribution in [3.63, 3.8) is 0 Å². The molecule has 0 aliphatic rings. The van der Waals surface area contributed by atoms with Gasteiger partial charge >= 0.3 is 80.9 Å². The second kappa shape index (κ2) is 3.42. The molecule has 1 aromatic rings. The van der Waals surface area contributed by atoms with Gasteiger partial charge in [-0.15, -0.1) is 0 Å². The van der Waals surface area contributed by atoms with Crippen molar-refractivity contribution in [1.29, 1.82) is 0 Å². The number of hydrogen-bond acceptors (Lipinski definition) is 1. The van der Waals surface area contributed by atoms with E-state index in [4.69, 9.17) is 0 Å². The minimum absolute atomic E-state index is 0.260. The van der Waals surface area contributed by atoms with E-state index < -0.39 is 0 Å². The van der Waals surface area contributed by atoms with Crippen LogP contribution in [0, 0.1) is 38.8 Å². The molecular formula is C7H5NdO. The van der Waals surface area contributed by atoms with Gasteiger partial charge in [-0.25, -0.2) is 0 Å². The summed E-state index contributed by atoms with van der Waals surface area (Å²) < 4.78 is 0.260. The maximum absolute atomic E-state index is 10.7. The van der Waals surface area contributed by atoms with Crippen LogP contribution in [0.15, 0.2) is 30.3 Å². The van der Waals surface area contributed by atoms with Gasteiger partial charge in [-0.05, 0) is 0 Å². The van der Waals surface area contributed by atoms with Gasteiger partial charge in [0.1, 0.15) is 0 Å². The molecule has 0 fully saturated rings. The normalized spacial score (nSPS) is 8.78. The predicted octanol–water partition coefficient (Wildman–Crippen LogP) is 1.38. The summed E-state index contributed by atoms with van der Waals surface area (Å²) in [6.45, 7) is 0. The first kappa shape index (κ1) is 7.35. The van der Waals surface area contributed by atoms with Crippen LogP contribution < -0.4 is 0 Å². The quantitative estimate of drug-likeness (QED) is 0.735. The van der Waals surface area contributed by atoms with Crippen LogP contribution in [0.2, 0.25) is 0 Å². The van der Waals surface area contributed by atoms with Crippen LogP contribution in [0.5, 0.6) is 0 Å². The Bertz CT molecular complexity index is 205. The molecule has 1 rings (SSSR count). The molecule has 0 saturated carbocycles. The van der Waals surface area contributed by atoms with E-state index in [2.05, 4.69) is 0 Å². The third kappa shape index (κ3) is 2.14. The van der Waals surface area contributed by atoms with Gasteiger partial charge in [-0.3, -0.25) is 0 Å². The van der Waals surface area contributed by atoms with E-state index in [1.54, 1.807) is 0 Å². The molecule has 0 saturated heterocycles. The number of hydrogen-bond donors (Lipinski definition) is 0. The van der Waals surface area contributed by atoms with Crippen LogP contribution in [0.25, 0.3) is 0 Å². The van der Waals surface area contributed by atoms with Crippen LogP contribution in [0.3, 0.4) is 0 Å². The second-order valence-electron chi connectivity index (χ2n) is 1.70. The Balaban J connectivity index is 2.98. The Labute approximate surface area is 80.1 Å². The molecule has 0 aliphatic carbocycles. The topological polar surface area (TPSA) is 17.1 Å². The maximum atomic E-state index is 10.7. The van der Waals surface area contributed by atoms with E-state index >= 15 is 0 Å². The first-order valence-electron chi connectivity index (χ1n) is 2.61. The van der Waals surface area contributed by atoms with E-state index in [1.807, 2.05) is 30.3 Å². The summed E-state index contributed by atoms with van der Waals surface area (Å²) in [5, 5.41) is 0. The average Bonchev–Trinajstić information content (AvgIpc) is 1.90. The van der Waals surface area contributed by atoms with Gasteiger partial charge in [0.15, 0.2) is 0 Å². The van der Waals surface area contributed by atoms with Gasteiger partial charge in [0.25, 0.3) is 0 Å². The fourth-order valence-corrected chi connectivity index (χ4v) is 1.12. The first-order valence-corrected chi connectivity index (χ1v) is 4.22. The van der Waals surface area contributed by atoms with Crippen LogP contribution in [-0.4, -0.2) is 1.43 Å². The summed E-state index contributed by atoms with van der Waals surface area (Å²) in [6.07, 6.45) is 0. The van der Waals surface area contributed by atoms with Crippen molar-refractivity contribution in [3.8, 4) is 0 Å². The van der Waals surface area contributed by atoms with Crippen molar-refractivity contribution in [2.24, 2.45) is 0 Å². The Morgan fingerprint density at radius 1 is 1.22 bits per heavy atom. The van der Waals surface area contributed by atoms with E-state index in [1.165, 1.54) is 0 Å². The molecule has 0 unspecified atom stereocenters. The molecule has 1 aromatic carbocycles. The molecule has 2 heteroatoms. The zero-order valence-electron chi connectivity index (χ0n) is 4.79. The Morgan fingerprint density at radius 3 is 2.11 bits per heavy atom. The monoisotopic (exact) mass is 247 g/mol. The van der Waals surface area contributed by atoms with Crippen LogP contribution in [0.4, 0.5) is 0 Å². The van der Waals surface area contributed by atoms with Gasteiger partial charge in [0.05, 0.1) is 0 Å². The van der Waals surface area contributed by atoms with Crippen molar-refractivity contribution in [3.05, 3.63) is 35.9 Å². The third-order valence-corrected chi connectivity index (χ3v) is 1.96. The molecule has 0 N–H and O–H groups in total. The average molecular weight is 249 g/mol. The fourth-order valence-electron chi connectivity index (χ4n) is 0.590. The van der Waals surface area contributed by atoms with E-state index in [-0.39, 0.29) is 1.43 Å². The van der Waals surface area contributed by atoms with Crippen molar-refractivity contribution >= 4 is 1.43 Å². The minimum atomic E-state index is 0.260. The molecule has 0 spiro atoms. The number of carbonyl (C=O) groups is 1. The molecule has 1 nitrogen and oxygen atoms in total. The van der Waals surface area contributed by atoms with Crippen LogP contribution in [-0.2, 0) is 0 Å². The molecule has 0 bridgehead atoms. The van der Waals surface area contributed by atoms with Crippen molar-refractivity contribution in [2.75, 3.05) is 0 Å². The summed E-state index contributed by atoms with van der Waals surface area (Å²) in [6, 6.07) is 9.36. The molecule has 0 aliphatic heterocycles. The van der Waals surface area contributed by atoms with Crippen molar-refractivity contribution < 1.29 is 43.6 Å². The molecule has 0 heterocycles. The first-order chi connectivity index (χ1) is 4.30. The zero-order chi connectivity index (χ0) is 6.69. The number of carbonyl (C=O) groups excluding carboxylic acids is 1. The zero-order valence-corrected chi connectivity index (χ0v) is 8.00. The molecule has 0 radical (unpaired) electrons. The van der Waals surface area contributed by atoms with E-state index in [9.17, 15) is 4.79 Å². The van der Waals surface area contributed by atoms with Crippen molar-refractivity contribution in [1.82, 2.24) is 0 Å². The SMILES string of the molecule is O=[C]([Nd])c1ccccc1. The van der Waals surface area contributed by atoms with Crippen LogP contribution in [0.1, 0.15) is 10.4 Å². The van der Waals surface area contributed by atoms with Gasteiger partial charge in [-0.2, -0.15) is 0 Å². The Morgan fingerprint density at radius 2 is 1.78 bits per heavy atom. The molecular weight excluding hydrogens is 244 g/mol. The second-order valence-corrected chi connectivity index (χ2v) is 3.15. The summed E-state index contributed by atoms with van der Waals surface area (Å²) in [4.78, 5) is 10.7. The van der Waals surface area contributed by atoms with Crippen LogP contribution >= 0.6 is 0 Å². The predicted molar refractivity (Wildman–Crippen MR) is 30.8 cm³/mol. The Hall–Kier alpha value is 0.241.